The van der Waals surface area contributed by atoms with Crippen LogP contribution in [-0.2, 0) is 32.1 Å². The zero-order valence-electron chi connectivity index (χ0n) is 26.2. The predicted molar refractivity (Wildman–Crippen MR) is 185 cm³/mol. The topological polar surface area (TPSA) is 90.4 Å². The molecule has 0 radical (unpaired) electrons. The van der Waals surface area contributed by atoms with E-state index in [1.807, 2.05) is 91.0 Å². The Morgan fingerprint density at radius 3 is 2.13 bits per heavy atom. The molecule has 3 heterocycles. The van der Waals surface area contributed by atoms with E-state index in [4.69, 9.17) is 4.74 Å². The lowest BCUT2D eigenvalue weighted by molar-refractivity contribution is -0.151. The molecule has 47 heavy (non-hydrogen) atoms. The number of aliphatic hydroxyl groups excluding tert-OH is 1. The number of benzene rings is 3. The second kappa shape index (κ2) is 14.0. The zero-order valence-corrected chi connectivity index (χ0v) is 27.8. The first-order valence-corrected chi connectivity index (χ1v) is 17.0. The van der Waals surface area contributed by atoms with Gasteiger partial charge in [0.05, 0.1) is 30.6 Å². The van der Waals surface area contributed by atoms with Crippen LogP contribution in [-0.4, -0.2) is 80.9 Å². The van der Waals surface area contributed by atoms with Gasteiger partial charge in [-0.3, -0.25) is 14.4 Å². The number of alkyl halides is 1. The van der Waals surface area contributed by atoms with Crippen LogP contribution in [0.2, 0.25) is 0 Å². The maximum Gasteiger partial charge on any atom is 0.249 e. The molecule has 3 aromatic carbocycles. The van der Waals surface area contributed by atoms with Gasteiger partial charge in [-0.05, 0) is 36.1 Å². The minimum absolute atomic E-state index is 0.246. The van der Waals surface area contributed by atoms with Gasteiger partial charge in [0.2, 0.25) is 17.7 Å². The van der Waals surface area contributed by atoms with Crippen molar-refractivity contribution >= 4 is 39.3 Å². The number of likely N-dealkylation sites (tertiary alicyclic amines) is 1. The van der Waals surface area contributed by atoms with Crippen LogP contribution < -0.4 is 4.90 Å². The molecular weight excluding hydrogens is 658 g/mol. The monoisotopic (exact) mass is 697 g/mol. The summed E-state index contributed by atoms with van der Waals surface area (Å²) in [5, 5.41) is 10.8. The molecule has 3 aromatic rings. The summed E-state index contributed by atoms with van der Waals surface area (Å²) in [4.78, 5) is 49.0. The molecule has 3 amide bonds. The van der Waals surface area contributed by atoms with Crippen molar-refractivity contribution in [3.8, 4) is 0 Å². The Kier molecular flexibility index (Phi) is 9.77. The number of ether oxygens (including phenoxy) is 1. The lowest BCUT2D eigenvalue weighted by Crippen LogP contribution is -2.59. The maximum atomic E-state index is 14.9. The van der Waals surface area contributed by atoms with Gasteiger partial charge in [0, 0.05) is 30.1 Å². The number of rotatable bonds is 13. The summed E-state index contributed by atoms with van der Waals surface area (Å²) >= 11 is 3.79. The van der Waals surface area contributed by atoms with Crippen LogP contribution in [0, 0.1) is 11.8 Å². The second-order valence-corrected chi connectivity index (χ2v) is 13.7. The van der Waals surface area contributed by atoms with E-state index in [9.17, 15) is 19.5 Å². The summed E-state index contributed by atoms with van der Waals surface area (Å²) in [5.41, 5.74) is 1.27. The number of hydrogen-bond donors (Lipinski definition) is 1. The number of para-hydroxylation sites is 1. The number of hydrogen-bond acceptors (Lipinski definition) is 5. The Labute approximate surface area is 284 Å². The van der Waals surface area contributed by atoms with Crippen LogP contribution in [0.25, 0.3) is 0 Å². The molecule has 3 aliphatic rings. The van der Waals surface area contributed by atoms with Crippen LogP contribution in [0.5, 0.6) is 0 Å². The van der Waals surface area contributed by atoms with Crippen LogP contribution in [0.4, 0.5) is 5.69 Å². The minimum atomic E-state index is -1.27. The molecule has 3 saturated heterocycles. The zero-order chi connectivity index (χ0) is 33.1. The van der Waals surface area contributed by atoms with Crippen LogP contribution in [0.1, 0.15) is 17.5 Å². The highest BCUT2D eigenvalue weighted by molar-refractivity contribution is 9.09. The van der Waals surface area contributed by atoms with Crippen molar-refractivity contribution in [2.45, 2.75) is 48.0 Å². The van der Waals surface area contributed by atoms with Gasteiger partial charge in [0.25, 0.3) is 0 Å². The normalized spacial score (nSPS) is 26.5. The summed E-state index contributed by atoms with van der Waals surface area (Å²) in [6.45, 7) is 8.22. The van der Waals surface area contributed by atoms with E-state index in [0.29, 0.717) is 25.1 Å². The van der Waals surface area contributed by atoms with Gasteiger partial charge in [0.15, 0.2) is 0 Å². The van der Waals surface area contributed by atoms with Crippen molar-refractivity contribution in [2.24, 2.45) is 11.8 Å². The van der Waals surface area contributed by atoms with E-state index in [1.54, 1.807) is 26.9 Å². The van der Waals surface area contributed by atoms with Crippen LogP contribution >= 0.6 is 15.9 Å². The van der Waals surface area contributed by atoms with Crippen molar-refractivity contribution in [2.75, 3.05) is 24.6 Å². The summed E-state index contributed by atoms with van der Waals surface area (Å²) in [7, 11) is 0. The lowest BCUT2D eigenvalue weighted by atomic mass is 9.70. The second-order valence-electron chi connectivity index (χ2n) is 12.5. The Bertz CT molecular complexity index is 1610. The van der Waals surface area contributed by atoms with Gasteiger partial charge in [-0.15, -0.1) is 13.2 Å². The summed E-state index contributed by atoms with van der Waals surface area (Å²) in [6.07, 6.45) is 3.42. The van der Waals surface area contributed by atoms with E-state index in [2.05, 4.69) is 29.1 Å². The fourth-order valence-corrected chi connectivity index (χ4v) is 8.71. The molecule has 3 unspecified atom stereocenters. The molecule has 1 spiro atoms. The van der Waals surface area contributed by atoms with Gasteiger partial charge in [-0.2, -0.15) is 0 Å². The third kappa shape index (κ3) is 5.96. The fourth-order valence-electron chi connectivity index (χ4n) is 7.76. The number of anilines is 1. The van der Waals surface area contributed by atoms with Gasteiger partial charge < -0.3 is 24.5 Å². The Morgan fingerprint density at radius 2 is 1.53 bits per heavy atom. The first-order chi connectivity index (χ1) is 22.8. The average Bonchev–Trinajstić information content (AvgIpc) is 3.69. The number of carbonyl (C=O) groups is 3. The third-order valence-electron chi connectivity index (χ3n) is 9.69. The summed E-state index contributed by atoms with van der Waals surface area (Å²) in [5.74, 6) is -2.65. The number of fused-ring (bicyclic) bond motifs is 1. The van der Waals surface area contributed by atoms with Crippen molar-refractivity contribution in [3.63, 3.8) is 0 Å². The highest BCUT2D eigenvalue weighted by Crippen LogP contribution is 2.61. The Balaban J connectivity index is 1.44. The summed E-state index contributed by atoms with van der Waals surface area (Å²) in [6, 6.07) is 26.8. The summed E-state index contributed by atoms with van der Waals surface area (Å²) < 4.78 is 6.81. The van der Waals surface area contributed by atoms with Crippen molar-refractivity contribution in [3.05, 3.63) is 127 Å². The number of amides is 3. The van der Waals surface area contributed by atoms with E-state index in [1.165, 1.54) is 0 Å². The molecule has 8 nitrogen and oxygen atoms in total. The SMILES string of the molecule is C=CCN(Cc1ccccc1)C(=O)C1N([C@@H](CO)Cc2ccccc2)C(=O)[C@@H]2[C@H](C(=O)N(CC=C)c3ccccc3)[C@H]3OC12CC3Br. The molecule has 9 heteroatoms. The molecule has 0 aliphatic carbocycles. The largest absolute Gasteiger partial charge is 0.394 e. The van der Waals surface area contributed by atoms with Gasteiger partial charge in [-0.25, -0.2) is 0 Å². The van der Waals surface area contributed by atoms with Gasteiger partial charge in [-0.1, -0.05) is 107 Å². The van der Waals surface area contributed by atoms with E-state index >= 15 is 0 Å². The smallest absolute Gasteiger partial charge is 0.249 e. The molecule has 3 aliphatic heterocycles. The fraction of sp³-hybridized carbons (Fsp3) is 0.342. The number of aliphatic hydroxyl groups is 1. The molecule has 0 aromatic heterocycles. The van der Waals surface area contributed by atoms with E-state index < -0.39 is 35.6 Å². The number of carbonyl (C=O) groups excluding carboxylic acids is 3. The van der Waals surface area contributed by atoms with Gasteiger partial charge in [0.1, 0.15) is 11.6 Å². The molecular formula is C38H40BrN3O5. The van der Waals surface area contributed by atoms with Crippen LogP contribution in [0.15, 0.2) is 116 Å². The minimum Gasteiger partial charge on any atom is -0.394 e. The van der Waals surface area contributed by atoms with E-state index in [0.717, 1.165) is 11.1 Å². The van der Waals surface area contributed by atoms with Crippen molar-refractivity contribution in [1.29, 1.82) is 0 Å². The van der Waals surface area contributed by atoms with Gasteiger partial charge >= 0.3 is 0 Å². The average molecular weight is 699 g/mol. The quantitative estimate of drug-likeness (QED) is 0.205. The first-order valence-electron chi connectivity index (χ1n) is 16.0. The van der Waals surface area contributed by atoms with E-state index in [-0.39, 0.29) is 42.2 Å². The Morgan fingerprint density at radius 1 is 0.936 bits per heavy atom. The van der Waals surface area contributed by atoms with Crippen molar-refractivity contribution < 1.29 is 24.2 Å². The molecule has 244 valence electrons. The molecule has 0 saturated carbocycles. The highest BCUT2D eigenvalue weighted by Gasteiger charge is 2.77. The van der Waals surface area contributed by atoms with Crippen LogP contribution in [0.3, 0.4) is 0 Å². The molecule has 2 bridgehead atoms. The Hall–Kier alpha value is -4.05. The first kappa shape index (κ1) is 32.9. The standard InChI is InChI=1S/C38H40BrN3O5/c1-3-20-40(24-27-16-10-6-11-17-27)37(46)34-38-23-30(39)33(47-38)31(35(44)41(21-4-2)28-18-12-7-13-19-28)32(38)36(45)42(34)29(25-43)22-26-14-8-5-9-15-26/h3-19,29-34,43H,1-2,20-25H2/t29-,30?,31+,32+,33+,34?,38?/m1/s1. The predicted octanol–water partition coefficient (Wildman–Crippen LogP) is 4.77. The molecule has 7 atom stereocenters. The molecule has 6 rings (SSSR count). The van der Waals surface area contributed by atoms with Crippen molar-refractivity contribution in [1.82, 2.24) is 9.80 Å². The number of halogens is 1. The third-order valence-corrected chi connectivity index (χ3v) is 10.5. The lowest BCUT2D eigenvalue weighted by Gasteiger charge is -2.39. The number of nitrogens with zero attached hydrogens (tertiary/aromatic N) is 3. The molecule has 3 fully saturated rings. The maximum absolute atomic E-state index is 14.9. The molecule has 1 N–H and O–H groups in total. The highest BCUT2D eigenvalue weighted by atomic mass is 79.9.